The van der Waals surface area contributed by atoms with Gasteiger partial charge in [-0.05, 0) is 18.6 Å². The third-order valence-corrected chi connectivity index (χ3v) is 1.80. The highest BCUT2D eigenvalue weighted by Crippen LogP contribution is 2.23. The largest absolute Gasteiger partial charge is 0.480 e. The third kappa shape index (κ3) is 1.89. The van der Waals surface area contributed by atoms with Crippen LogP contribution in [-0.4, -0.2) is 23.2 Å². The molecule has 0 aliphatic carbocycles. The van der Waals surface area contributed by atoms with Gasteiger partial charge < -0.3 is 9.84 Å². The van der Waals surface area contributed by atoms with Crippen molar-refractivity contribution in [3.8, 4) is 5.88 Å². The standard InChI is InChI=1S/C8H8ClNO3/c1-4-3-5(9)7(13-2)10-6(4)8(11)12/h3H,1-2H3,(H,11,12). The van der Waals surface area contributed by atoms with Gasteiger partial charge in [-0.3, -0.25) is 0 Å². The molecule has 0 aromatic carbocycles. The zero-order chi connectivity index (χ0) is 10.0. The number of carboxylic acids is 1. The second-order valence-electron chi connectivity index (χ2n) is 2.45. The van der Waals surface area contributed by atoms with E-state index >= 15 is 0 Å². The van der Waals surface area contributed by atoms with Gasteiger partial charge in [-0.2, -0.15) is 0 Å². The summed E-state index contributed by atoms with van der Waals surface area (Å²) in [6.45, 7) is 1.63. The third-order valence-electron chi connectivity index (χ3n) is 1.53. The summed E-state index contributed by atoms with van der Waals surface area (Å²) in [5.74, 6) is -0.961. The quantitative estimate of drug-likeness (QED) is 0.792. The number of aromatic nitrogens is 1. The molecule has 0 amide bonds. The lowest BCUT2D eigenvalue weighted by Crippen LogP contribution is -2.04. The van der Waals surface area contributed by atoms with Crippen LogP contribution < -0.4 is 4.74 Å². The zero-order valence-corrected chi connectivity index (χ0v) is 7.92. The van der Waals surface area contributed by atoms with Gasteiger partial charge >= 0.3 is 5.97 Å². The minimum absolute atomic E-state index is 0.0405. The molecule has 1 aromatic heterocycles. The Hall–Kier alpha value is -1.29. The van der Waals surface area contributed by atoms with Crippen LogP contribution in [0.3, 0.4) is 0 Å². The molecule has 1 aromatic rings. The second-order valence-corrected chi connectivity index (χ2v) is 2.86. The number of rotatable bonds is 2. The van der Waals surface area contributed by atoms with Crippen LogP contribution in [0.25, 0.3) is 0 Å². The van der Waals surface area contributed by atoms with Crippen LogP contribution >= 0.6 is 11.6 Å². The van der Waals surface area contributed by atoms with Crippen molar-refractivity contribution in [2.24, 2.45) is 0 Å². The van der Waals surface area contributed by atoms with Crippen LogP contribution in [0.5, 0.6) is 5.88 Å². The van der Waals surface area contributed by atoms with Crippen LogP contribution in [0.1, 0.15) is 16.1 Å². The Bertz CT molecular complexity index is 351. The summed E-state index contributed by atoms with van der Waals surface area (Å²) in [5.41, 5.74) is 0.472. The van der Waals surface area contributed by atoms with Gasteiger partial charge in [0.05, 0.1) is 7.11 Å². The first kappa shape index (κ1) is 9.80. The maximum Gasteiger partial charge on any atom is 0.354 e. The van der Waals surface area contributed by atoms with Crippen molar-refractivity contribution in [1.29, 1.82) is 0 Å². The molecular formula is C8H8ClNO3. The summed E-state index contributed by atoms with van der Waals surface area (Å²) in [5, 5.41) is 9.03. The molecule has 0 fully saturated rings. The number of ether oxygens (including phenoxy) is 1. The minimum Gasteiger partial charge on any atom is -0.480 e. The Labute approximate surface area is 80.1 Å². The van der Waals surface area contributed by atoms with Gasteiger partial charge in [0.2, 0.25) is 5.88 Å². The summed E-state index contributed by atoms with van der Waals surface area (Å²) < 4.78 is 4.78. The van der Waals surface area contributed by atoms with Crippen molar-refractivity contribution in [3.05, 3.63) is 22.3 Å². The van der Waals surface area contributed by atoms with E-state index in [9.17, 15) is 4.79 Å². The summed E-state index contributed by atoms with van der Waals surface area (Å²) in [6, 6.07) is 1.51. The van der Waals surface area contributed by atoms with Crippen LogP contribution in [0.2, 0.25) is 5.02 Å². The van der Waals surface area contributed by atoms with Gasteiger partial charge in [0, 0.05) is 0 Å². The first-order valence-electron chi connectivity index (χ1n) is 3.50. The highest BCUT2D eigenvalue weighted by Gasteiger charge is 2.13. The van der Waals surface area contributed by atoms with Crippen molar-refractivity contribution >= 4 is 17.6 Å². The molecule has 1 rings (SSSR count). The van der Waals surface area contributed by atoms with Crippen molar-refractivity contribution in [2.45, 2.75) is 6.92 Å². The highest BCUT2D eigenvalue weighted by molar-refractivity contribution is 6.32. The molecule has 0 saturated carbocycles. The number of pyridine rings is 1. The lowest BCUT2D eigenvalue weighted by Gasteiger charge is -2.05. The number of hydrogen-bond acceptors (Lipinski definition) is 3. The van der Waals surface area contributed by atoms with Crippen LogP contribution in [0.4, 0.5) is 0 Å². The lowest BCUT2D eigenvalue weighted by molar-refractivity contribution is 0.0688. The van der Waals surface area contributed by atoms with Crippen LogP contribution in [0.15, 0.2) is 6.07 Å². The van der Waals surface area contributed by atoms with Crippen molar-refractivity contribution in [1.82, 2.24) is 4.98 Å². The molecule has 70 valence electrons. The van der Waals surface area contributed by atoms with Gasteiger partial charge in [0.25, 0.3) is 0 Å². The molecule has 5 heteroatoms. The average molecular weight is 202 g/mol. The van der Waals surface area contributed by atoms with E-state index in [1.54, 1.807) is 6.92 Å². The van der Waals surface area contributed by atoms with Crippen molar-refractivity contribution < 1.29 is 14.6 Å². The van der Waals surface area contributed by atoms with Gasteiger partial charge in [-0.15, -0.1) is 0 Å². The molecule has 0 radical (unpaired) electrons. The molecule has 0 atom stereocenters. The minimum atomic E-state index is -1.09. The number of nitrogens with zero attached hydrogens (tertiary/aromatic N) is 1. The first-order valence-corrected chi connectivity index (χ1v) is 3.88. The van der Waals surface area contributed by atoms with E-state index in [0.29, 0.717) is 10.6 Å². The summed E-state index contributed by atoms with van der Waals surface area (Å²) in [4.78, 5) is 14.4. The van der Waals surface area contributed by atoms with Crippen molar-refractivity contribution in [2.75, 3.05) is 7.11 Å². The normalized spacial score (nSPS) is 9.77. The monoisotopic (exact) mass is 201 g/mol. The molecule has 0 aliphatic rings. The number of methoxy groups -OCH3 is 1. The van der Waals surface area contributed by atoms with Crippen LogP contribution in [-0.2, 0) is 0 Å². The Morgan fingerprint density at radius 1 is 1.69 bits per heavy atom. The smallest absolute Gasteiger partial charge is 0.354 e. The van der Waals surface area contributed by atoms with E-state index in [2.05, 4.69) is 4.98 Å². The molecule has 0 saturated heterocycles. The fourth-order valence-electron chi connectivity index (χ4n) is 0.923. The first-order chi connectivity index (χ1) is 6.06. The fraction of sp³-hybridized carbons (Fsp3) is 0.250. The van der Waals surface area contributed by atoms with E-state index < -0.39 is 5.97 Å². The fourth-order valence-corrected chi connectivity index (χ4v) is 1.21. The van der Waals surface area contributed by atoms with Gasteiger partial charge in [-0.25, -0.2) is 9.78 Å². The Morgan fingerprint density at radius 3 is 2.77 bits per heavy atom. The Morgan fingerprint density at radius 2 is 2.31 bits per heavy atom. The SMILES string of the molecule is COc1nc(C(=O)O)c(C)cc1Cl. The van der Waals surface area contributed by atoms with E-state index in [1.165, 1.54) is 13.2 Å². The highest BCUT2D eigenvalue weighted by atomic mass is 35.5. The van der Waals surface area contributed by atoms with Gasteiger partial charge in [0.1, 0.15) is 5.02 Å². The number of carboxylic acid groups (broad SMARTS) is 1. The predicted octanol–water partition coefficient (Wildman–Crippen LogP) is 1.75. The van der Waals surface area contributed by atoms with Gasteiger partial charge in [-0.1, -0.05) is 11.6 Å². The number of carbonyl (C=O) groups is 1. The maximum absolute atomic E-state index is 10.6. The second kappa shape index (κ2) is 3.62. The van der Waals surface area contributed by atoms with E-state index in [-0.39, 0.29) is 11.6 Å². The Kier molecular flexibility index (Phi) is 2.72. The van der Waals surface area contributed by atoms with E-state index in [0.717, 1.165) is 0 Å². The van der Waals surface area contributed by atoms with Crippen LogP contribution in [0, 0.1) is 6.92 Å². The summed E-state index contributed by atoms with van der Waals surface area (Å²) >= 11 is 5.73. The molecule has 0 unspecified atom stereocenters. The number of aromatic carboxylic acids is 1. The summed E-state index contributed by atoms with van der Waals surface area (Å²) in [6.07, 6.45) is 0. The van der Waals surface area contributed by atoms with E-state index in [1.807, 2.05) is 0 Å². The zero-order valence-electron chi connectivity index (χ0n) is 7.17. The maximum atomic E-state index is 10.6. The number of halogens is 1. The topological polar surface area (TPSA) is 59.4 Å². The van der Waals surface area contributed by atoms with E-state index in [4.69, 9.17) is 21.4 Å². The summed E-state index contributed by atoms with van der Waals surface area (Å²) in [7, 11) is 1.38. The van der Waals surface area contributed by atoms with Crippen molar-refractivity contribution in [3.63, 3.8) is 0 Å². The molecule has 13 heavy (non-hydrogen) atoms. The molecule has 0 bridgehead atoms. The molecule has 1 heterocycles. The molecule has 0 aliphatic heterocycles. The average Bonchev–Trinajstić information content (AvgIpc) is 2.03. The molecule has 1 N–H and O–H groups in total. The molecule has 4 nitrogen and oxygen atoms in total. The number of hydrogen-bond donors (Lipinski definition) is 1. The number of aryl methyl sites for hydroxylation is 1. The molecular weight excluding hydrogens is 194 g/mol. The lowest BCUT2D eigenvalue weighted by atomic mass is 10.2. The predicted molar refractivity (Wildman–Crippen MR) is 47.5 cm³/mol. The Balaban J connectivity index is 3.30. The van der Waals surface area contributed by atoms with Gasteiger partial charge in [0.15, 0.2) is 5.69 Å². The molecule has 0 spiro atoms.